The highest BCUT2D eigenvalue weighted by molar-refractivity contribution is 5.79. The summed E-state index contributed by atoms with van der Waals surface area (Å²) in [4.78, 5) is 14.1. The Kier molecular flexibility index (Phi) is 6.65. The molecular weight excluding hydrogens is 228 g/mol. The number of amides is 1. The third kappa shape index (κ3) is 4.25. The molecule has 1 amide bonds. The van der Waals surface area contributed by atoms with Crippen LogP contribution in [0.2, 0.25) is 0 Å². The maximum atomic E-state index is 12.3. The highest BCUT2D eigenvalue weighted by Crippen LogP contribution is 2.29. The molecule has 0 spiro atoms. The second kappa shape index (κ2) is 7.74. The van der Waals surface area contributed by atoms with Crippen LogP contribution in [0, 0.1) is 11.8 Å². The summed E-state index contributed by atoms with van der Waals surface area (Å²) in [7, 11) is 1.87. The van der Waals surface area contributed by atoms with Gasteiger partial charge in [0.2, 0.25) is 5.91 Å². The Morgan fingerprint density at radius 2 is 2.06 bits per heavy atom. The van der Waals surface area contributed by atoms with Crippen molar-refractivity contribution in [3.8, 4) is 0 Å². The maximum absolute atomic E-state index is 12.3. The molecule has 1 rings (SSSR count). The van der Waals surface area contributed by atoms with E-state index in [0.29, 0.717) is 5.92 Å². The van der Waals surface area contributed by atoms with Gasteiger partial charge < -0.3 is 15.7 Å². The summed E-state index contributed by atoms with van der Waals surface area (Å²) in [6.07, 6.45) is 5.95. The van der Waals surface area contributed by atoms with Gasteiger partial charge in [-0.05, 0) is 38.0 Å². The Bertz CT molecular complexity index is 258. The minimum absolute atomic E-state index is 0.0107. The Morgan fingerprint density at radius 1 is 1.33 bits per heavy atom. The smallest absolute Gasteiger partial charge is 0.226 e. The molecule has 0 heterocycles. The highest BCUT2D eigenvalue weighted by Gasteiger charge is 2.34. The first-order chi connectivity index (χ1) is 8.57. The van der Waals surface area contributed by atoms with Crippen molar-refractivity contribution < 1.29 is 9.90 Å². The highest BCUT2D eigenvalue weighted by atomic mass is 16.2. The lowest BCUT2D eigenvalue weighted by molar-refractivity contribution is -0.136. The van der Waals surface area contributed by atoms with Crippen LogP contribution in [0.15, 0.2) is 0 Å². The quantitative estimate of drug-likeness (QED) is 0.705. The van der Waals surface area contributed by atoms with Gasteiger partial charge in [-0.3, -0.25) is 4.79 Å². The third-order valence-electron chi connectivity index (χ3n) is 4.14. The van der Waals surface area contributed by atoms with Crippen molar-refractivity contribution in [2.45, 2.75) is 51.5 Å². The van der Waals surface area contributed by atoms with Crippen LogP contribution < -0.4 is 5.73 Å². The minimum atomic E-state index is 0.0107. The Morgan fingerprint density at radius 3 is 2.72 bits per heavy atom. The number of hydrogen-bond donors (Lipinski definition) is 2. The van der Waals surface area contributed by atoms with Gasteiger partial charge in [-0.2, -0.15) is 0 Å². The first kappa shape index (κ1) is 15.4. The molecule has 4 nitrogen and oxygen atoms in total. The minimum Gasteiger partial charge on any atom is -0.396 e. The van der Waals surface area contributed by atoms with Crippen LogP contribution in [-0.4, -0.2) is 42.2 Å². The Labute approximate surface area is 111 Å². The fourth-order valence-electron chi connectivity index (χ4n) is 2.76. The van der Waals surface area contributed by atoms with Gasteiger partial charge in [-0.25, -0.2) is 0 Å². The van der Waals surface area contributed by atoms with Gasteiger partial charge in [0.05, 0.1) is 5.92 Å². The molecule has 106 valence electrons. The van der Waals surface area contributed by atoms with Crippen LogP contribution >= 0.6 is 0 Å². The summed E-state index contributed by atoms with van der Waals surface area (Å²) in [5.74, 6) is 0.671. The fourth-order valence-corrected chi connectivity index (χ4v) is 2.76. The summed E-state index contributed by atoms with van der Waals surface area (Å²) in [5, 5.41) is 8.71. The summed E-state index contributed by atoms with van der Waals surface area (Å²) < 4.78 is 0. The summed E-state index contributed by atoms with van der Waals surface area (Å²) in [6, 6.07) is 0.0196. The van der Waals surface area contributed by atoms with E-state index in [4.69, 9.17) is 10.8 Å². The Balaban J connectivity index is 2.37. The fraction of sp³-hybridized carbons (Fsp3) is 0.929. The second-order valence-corrected chi connectivity index (χ2v) is 5.64. The Hall–Kier alpha value is -0.610. The standard InChI is InChI=1S/C14H28N2O2/c1-11-7-6-8-12(13(11)15)14(18)16(2)9-4-3-5-10-17/h11-13,17H,3-10,15H2,1-2H3. The largest absolute Gasteiger partial charge is 0.396 e. The van der Waals surface area contributed by atoms with E-state index in [2.05, 4.69) is 6.92 Å². The number of hydrogen-bond acceptors (Lipinski definition) is 3. The molecule has 0 saturated heterocycles. The lowest BCUT2D eigenvalue weighted by Gasteiger charge is -2.35. The number of rotatable bonds is 6. The van der Waals surface area contributed by atoms with E-state index < -0.39 is 0 Å². The van der Waals surface area contributed by atoms with E-state index in [0.717, 1.165) is 45.1 Å². The van der Waals surface area contributed by atoms with Crippen LogP contribution in [-0.2, 0) is 4.79 Å². The molecule has 0 bridgehead atoms. The predicted octanol–water partition coefficient (Wildman–Crippen LogP) is 1.37. The molecule has 0 aromatic heterocycles. The van der Waals surface area contributed by atoms with Crippen LogP contribution in [0.3, 0.4) is 0 Å². The molecule has 0 radical (unpaired) electrons. The predicted molar refractivity (Wildman–Crippen MR) is 73.1 cm³/mol. The van der Waals surface area contributed by atoms with Crippen LogP contribution in [0.4, 0.5) is 0 Å². The number of aliphatic hydroxyl groups excluding tert-OH is 1. The van der Waals surface area contributed by atoms with Crippen LogP contribution in [0.5, 0.6) is 0 Å². The van der Waals surface area contributed by atoms with Gasteiger partial charge in [-0.1, -0.05) is 13.3 Å². The molecule has 18 heavy (non-hydrogen) atoms. The number of carbonyl (C=O) groups is 1. The third-order valence-corrected chi connectivity index (χ3v) is 4.14. The van der Waals surface area contributed by atoms with Gasteiger partial charge in [0.25, 0.3) is 0 Å². The monoisotopic (exact) mass is 256 g/mol. The summed E-state index contributed by atoms with van der Waals surface area (Å²) in [5.41, 5.74) is 6.16. The molecule has 1 aliphatic rings. The molecule has 1 aliphatic carbocycles. The lowest BCUT2D eigenvalue weighted by Crippen LogP contribution is -2.48. The van der Waals surface area contributed by atoms with Gasteiger partial charge in [0.1, 0.15) is 0 Å². The van der Waals surface area contributed by atoms with Gasteiger partial charge >= 0.3 is 0 Å². The lowest BCUT2D eigenvalue weighted by atomic mass is 9.77. The van der Waals surface area contributed by atoms with E-state index in [-0.39, 0.29) is 24.5 Å². The zero-order chi connectivity index (χ0) is 13.5. The van der Waals surface area contributed by atoms with E-state index in [1.165, 1.54) is 0 Å². The van der Waals surface area contributed by atoms with Crippen molar-refractivity contribution in [1.82, 2.24) is 4.90 Å². The zero-order valence-electron chi connectivity index (χ0n) is 11.8. The van der Waals surface area contributed by atoms with Crippen molar-refractivity contribution >= 4 is 5.91 Å². The number of nitrogens with zero attached hydrogens (tertiary/aromatic N) is 1. The van der Waals surface area contributed by atoms with Crippen LogP contribution in [0.1, 0.15) is 45.4 Å². The normalized spacial score (nSPS) is 28.1. The summed E-state index contributed by atoms with van der Waals surface area (Å²) in [6.45, 7) is 3.16. The number of carbonyl (C=O) groups excluding carboxylic acids is 1. The zero-order valence-corrected chi connectivity index (χ0v) is 11.8. The van der Waals surface area contributed by atoms with Gasteiger partial charge in [-0.15, -0.1) is 0 Å². The van der Waals surface area contributed by atoms with Crippen molar-refractivity contribution in [2.75, 3.05) is 20.2 Å². The van der Waals surface area contributed by atoms with Crippen LogP contribution in [0.25, 0.3) is 0 Å². The van der Waals surface area contributed by atoms with E-state index in [1.807, 2.05) is 11.9 Å². The number of unbranched alkanes of at least 4 members (excludes halogenated alkanes) is 2. The molecular formula is C14H28N2O2. The van der Waals surface area contributed by atoms with Crippen molar-refractivity contribution in [3.05, 3.63) is 0 Å². The van der Waals surface area contributed by atoms with Crippen molar-refractivity contribution in [3.63, 3.8) is 0 Å². The molecule has 1 saturated carbocycles. The second-order valence-electron chi connectivity index (χ2n) is 5.64. The molecule has 1 fully saturated rings. The summed E-state index contributed by atoms with van der Waals surface area (Å²) >= 11 is 0. The van der Waals surface area contributed by atoms with E-state index in [1.54, 1.807) is 0 Å². The first-order valence-electron chi connectivity index (χ1n) is 7.19. The average Bonchev–Trinajstić information content (AvgIpc) is 2.37. The molecule has 3 unspecified atom stereocenters. The molecule has 0 aromatic rings. The molecule has 0 aromatic carbocycles. The maximum Gasteiger partial charge on any atom is 0.226 e. The number of nitrogens with two attached hydrogens (primary N) is 1. The molecule has 3 N–H and O–H groups in total. The SMILES string of the molecule is CC1CCCC(C(=O)N(C)CCCCCO)C1N. The van der Waals surface area contributed by atoms with Crippen molar-refractivity contribution in [2.24, 2.45) is 17.6 Å². The molecule has 4 heteroatoms. The topological polar surface area (TPSA) is 66.6 Å². The molecule has 0 aliphatic heterocycles. The van der Waals surface area contributed by atoms with Gasteiger partial charge in [0, 0.05) is 26.2 Å². The average molecular weight is 256 g/mol. The van der Waals surface area contributed by atoms with E-state index in [9.17, 15) is 4.79 Å². The molecule has 3 atom stereocenters. The van der Waals surface area contributed by atoms with Crippen molar-refractivity contribution in [1.29, 1.82) is 0 Å². The number of aliphatic hydroxyl groups is 1. The first-order valence-corrected chi connectivity index (χ1v) is 7.19. The van der Waals surface area contributed by atoms with Gasteiger partial charge in [0.15, 0.2) is 0 Å². The van der Waals surface area contributed by atoms with E-state index >= 15 is 0 Å².